The zero-order valence-corrected chi connectivity index (χ0v) is 9.02. The lowest BCUT2D eigenvalue weighted by molar-refractivity contribution is -0.124. The Bertz CT molecular complexity index is 187. The maximum absolute atomic E-state index is 11.6. The third-order valence-corrected chi connectivity index (χ3v) is 3.01. The van der Waals surface area contributed by atoms with Gasteiger partial charge in [-0.3, -0.25) is 4.79 Å². The highest BCUT2D eigenvalue weighted by molar-refractivity contribution is 5.83. The minimum Gasteiger partial charge on any atom is -0.313 e. The second-order valence-electron chi connectivity index (χ2n) is 4.95. The van der Waals surface area contributed by atoms with E-state index in [0.717, 1.165) is 12.8 Å². The molecule has 0 aromatic heterocycles. The van der Waals surface area contributed by atoms with Crippen molar-refractivity contribution < 1.29 is 4.79 Å². The maximum atomic E-state index is 11.6. The van der Waals surface area contributed by atoms with Crippen LogP contribution in [0.1, 0.15) is 39.5 Å². The Hall–Kier alpha value is -0.370. The summed E-state index contributed by atoms with van der Waals surface area (Å²) in [5.41, 5.74) is 0.381. The van der Waals surface area contributed by atoms with Crippen molar-refractivity contribution in [1.29, 1.82) is 0 Å². The Morgan fingerprint density at radius 2 is 2.23 bits per heavy atom. The molecule has 0 aliphatic heterocycles. The van der Waals surface area contributed by atoms with E-state index in [1.54, 1.807) is 0 Å². The molecule has 1 aliphatic rings. The number of carbonyl (C=O) groups is 1. The molecule has 0 radical (unpaired) electrons. The monoisotopic (exact) mass is 183 g/mol. The molecule has 0 saturated heterocycles. The van der Waals surface area contributed by atoms with Gasteiger partial charge in [0.15, 0.2) is 0 Å². The summed E-state index contributed by atoms with van der Waals surface area (Å²) in [7, 11) is 1.84. The summed E-state index contributed by atoms with van der Waals surface area (Å²) < 4.78 is 0. The molecule has 13 heavy (non-hydrogen) atoms. The summed E-state index contributed by atoms with van der Waals surface area (Å²) in [6.45, 7) is 5.08. The Balaban J connectivity index is 2.47. The summed E-state index contributed by atoms with van der Waals surface area (Å²) in [4.78, 5) is 11.6. The van der Waals surface area contributed by atoms with Gasteiger partial charge in [-0.25, -0.2) is 0 Å². The number of nitrogens with one attached hydrogen (secondary N) is 1. The van der Waals surface area contributed by atoms with E-state index in [9.17, 15) is 4.79 Å². The molecular formula is C11H21NO. The first-order chi connectivity index (χ1) is 6.05. The number of Topliss-reactive ketones (excluding diaryl/α,β-unsaturated/α-hetero) is 1. The topological polar surface area (TPSA) is 29.1 Å². The first kappa shape index (κ1) is 10.7. The molecule has 0 aromatic carbocycles. The average Bonchev–Trinajstić information content (AvgIpc) is 2.03. The van der Waals surface area contributed by atoms with Gasteiger partial charge in [0, 0.05) is 5.92 Å². The van der Waals surface area contributed by atoms with Gasteiger partial charge in [-0.2, -0.15) is 0 Å². The molecule has 2 nitrogen and oxygen atoms in total. The first-order valence-electron chi connectivity index (χ1n) is 5.22. The predicted molar refractivity (Wildman–Crippen MR) is 54.7 cm³/mol. The molecule has 1 atom stereocenters. The Kier molecular flexibility index (Phi) is 3.48. The van der Waals surface area contributed by atoms with Gasteiger partial charge < -0.3 is 5.32 Å². The van der Waals surface area contributed by atoms with Gasteiger partial charge in [0.25, 0.3) is 0 Å². The second-order valence-corrected chi connectivity index (χ2v) is 4.95. The Morgan fingerprint density at radius 3 is 2.77 bits per heavy atom. The third kappa shape index (κ3) is 3.11. The average molecular weight is 183 g/mol. The molecule has 2 heteroatoms. The minimum absolute atomic E-state index is 0.316. The molecule has 1 aliphatic carbocycles. The van der Waals surface area contributed by atoms with Gasteiger partial charge >= 0.3 is 0 Å². The Labute approximate surface area is 81.1 Å². The van der Waals surface area contributed by atoms with Crippen LogP contribution >= 0.6 is 0 Å². The van der Waals surface area contributed by atoms with E-state index in [1.165, 1.54) is 12.8 Å². The van der Waals surface area contributed by atoms with Crippen LogP contribution in [0.5, 0.6) is 0 Å². The molecule has 0 aromatic rings. The summed E-state index contributed by atoms with van der Waals surface area (Å²) >= 11 is 0. The van der Waals surface area contributed by atoms with E-state index in [4.69, 9.17) is 0 Å². The van der Waals surface area contributed by atoms with Crippen molar-refractivity contribution in [3.05, 3.63) is 0 Å². The Morgan fingerprint density at radius 1 is 1.54 bits per heavy atom. The zero-order valence-electron chi connectivity index (χ0n) is 9.02. The van der Waals surface area contributed by atoms with Crippen molar-refractivity contribution in [3.63, 3.8) is 0 Å². The third-order valence-electron chi connectivity index (χ3n) is 3.01. The molecule has 1 unspecified atom stereocenters. The first-order valence-corrected chi connectivity index (χ1v) is 5.22. The van der Waals surface area contributed by atoms with Crippen molar-refractivity contribution in [2.24, 2.45) is 11.3 Å². The van der Waals surface area contributed by atoms with E-state index in [-0.39, 0.29) is 0 Å². The van der Waals surface area contributed by atoms with Crippen molar-refractivity contribution in [3.8, 4) is 0 Å². The van der Waals surface area contributed by atoms with Gasteiger partial charge in [0.05, 0.1) is 6.54 Å². The van der Waals surface area contributed by atoms with Crippen molar-refractivity contribution in [1.82, 2.24) is 5.32 Å². The highest BCUT2D eigenvalue weighted by Crippen LogP contribution is 2.38. The molecule has 1 saturated carbocycles. The second kappa shape index (κ2) is 4.23. The fourth-order valence-electron chi connectivity index (χ4n) is 2.29. The highest BCUT2D eigenvalue weighted by atomic mass is 16.1. The highest BCUT2D eigenvalue weighted by Gasteiger charge is 2.31. The van der Waals surface area contributed by atoms with Crippen LogP contribution in [-0.4, -0.2) is 19.4 Å². The van der Waals surface area contributed by atoms with Gasteiger partial charge in [-0.05, 0) is 31.7 Å². The van der Waals surface area contributed by atoms with E-state index in [1.807, 2.05) is 7.05 Å². The number of hydrogen-bond acceptors (Lipinski definition) is 2. The van der Waals surface area contributed by atoms with Crippen molar-refractivity contribution in [2.45, 2.75) is 39.5 Å². The van der Waals surface area contributed by atoms with Crippen LogP contribution in [0.25, 0.3) is 0 Å². The summed E-state index contributed by atoms with van der Waals surface area (Å²) in [6, 6.07) is 0. The fourth-order valence-corrected chi connectivity index (χ4v) is 2.29. The van der Waals surface area contributed by atoms with Crippen LogP contribution < -0.4 is 5.32 Å². The summed E-state index contributed by atoms with van der Waals surface area (Å²) in [6.07, 6.45) is 4.67. The molecule has 76 valence electrons. The van der Waals surface area contributed by atoms with E-state index >= 15 is 0 Å². The number of carbonyl (C=O) groups excluding carboxylic acids is 1. The van der Waals surface area contributed by atoms with Crippen molar-refractivity contribution >= 4 is 5.78 Å². The smallest absolute Gasteiger partial charge is 0.149 e. The summed E-state index contributed by atoms with van der Waals surface area (Å²) in [5.74, 6) is 0.714. The van der Waals surface area contributed by atoms with Crippen molar-refractivity contribution in [2.75, 3.05) is 13.6 Å². The fraction of sp³-hybridized carbons (Fsp3) is 0.909. The molecule has 1 fully saturated rings. The standard InChI is InChI=1S/C11H21NO/c1-11(2)6-4-5-9(7-11)10(13)8-12-3/h9,12H,4-8H2,1-3H3. The number of ketones is 1. The van der Waals surface area contributed by atoms with E-state index in [0.29, 0.717) is 23.7 Å². The van der Waals surface area contributed by atoms with E-state index in [2.05, 4.69) is 19.2 Å². The van der Waals surface area contributed by atoms with Gasteiger partial charge in [-0.15, -0.1) is 0 Å². The van der Waals surface area contributed by atoms with Crippen LogP contribution in [0.15, 0.2) is 0 Å². The molecule has 1 rings (SSSR count). The minimum atomic E-state index is 0.316. The number of rotatable bonds is 3. The molecular weight excluding hydrogens is 162 g/mol. The molecule has 0 amide bonds. The van der Waals surface area contributed by atoms with Crippen LogP contribution in [0.2, 0.25) is 0 Å². The normalized spacial score (nSPS) is 27.2. The van der Waals surface area contributed by atoms with Crippen LogP contribution in [-0.2, 0) is 4.79 Å². The molecule has 0 heterocycles. The van der Waals surface area contributed by atoms with Crippen LogP contribution in [0.3, 0.4) is 0 Å². The molecule has 1 N–H and O–H groups in total. The van der Waals surface area contributed by atoms with Crippen LogP contribution in [0.4, 0.5) is 0 Å². The number of hydrogen-bond donors (Lipinski definition) is 1. The predicted octanol–water partition coefficient (Wildman–Crippen LogP) is 1.99. The summed E-state index contributed by atoms with van der Waals surface area (Å²) in [5, 5.41) is 2.94. The molecule has 0 spiro atoms. The molecule has 0 bridgehead atoms. The van der Waals surface area contributed by atoms with Gasteiger partial charge in [0.1, 0.15) is 5.78 Å². The lowest BCUT2D eigenvalue weighted by Crippen LogP contribution is -2.32. The van der Waals surface area contributed by atoms with E-state index < -0.39 is 0 Å². The zero-order chi connectivity index (χ0) is 9.90. The lowest BCUT2D eigenvalue weighted by Gasteiger charge is -2.34. The van der Waals surface area contributed by atoms with Crippen LogP contribution in [0, 0.1) is 11.3 Å². The quantitative estimate of drug-likeness (QED) is 0.725. The lowest BCUT2D eigenvalue weighted by atomic mass is 9.71. The largest absolute Gasteiger partial charge is 0.313 e. The van der Waals surface area contributed by atoms with Gasteiger partial charge in [0.2, 0.25) is 0 Å². The SMILES string of the molecule is CNCC(=O)C1CCCC(C)(C)C1. The van der Waals surface area contributed by atoms with Gasteiger partial charge in [-0.1, -0.05) is 20.3 Å². The number of likely N-dealkylation sites (N-methyl/N-ethyl adjacent to an activating group) is 1. The maximum Gasteiger partial charge on any atom is 0.149 e.